The number of hydrogen-bond acceptors (Lipinski definition) is 2. The van der Waals surface area contributed by atoms with E-state index in [4.69, 9.17) is 0 Å². The Labute approximate surface area is 217 Å². The van der Waals surface area contributed by atoms with Crippen LogP contribution in [0.2, 0.25) is 0 Å². The van der Waals surface area contributed by atoms with Crippen LogP contribution in [0.25, 0.3) is 11.3 Å². The number of nitrogens with zero attached hydrogens (tertiary/aromatic N) is 3. The summed E-state index contributed by atoms with van der Waals surface area (Å²) in [5, 5.41) is 4.20. The molecule has 0 radical (unpaired) electrons. The minimum atomic E-state index is -0.544. The Morgan fingerprint density at radius 3 is 2.19 bits per heavy atom. The highest BCUT2D eigenvalue weighted by Crippen LogP contribution is 2.42. The first-order chi connectivity index (χ1) is 17.3. The Morgan fingerprint density at radius 1 is 1.03 bits per heavy atom. The van der Waals surface area contributed by atoms with Gasteiger partial charge >= 0.3 is 0 Å². The first-order valence-electron chi connectivity index (χ1n) is 12.9. The van der Waals surface area contributed by atoms with Crippen LogP contribution in [0.15, 0.2) is 71.9 Å². The predicted molar refractivity (Wildman–Crippen MR) is 151 cm³/mol. The predicted octanol–water partition coefficient (Wildman–Crippen LogP) is 8.91. The molecule has 0 saturated carbocycles. The molecule has 5 heteroatoms. The molecule has 1 heterocycles. The highest BCUT2D eigenvalue weighted by atomic mass is 19.1. The second-order valence-corrected chi connectivity index (χ2v) is 8.58. The van der Waals surface area contributed by atoms with Gasteiger partial charge in [0.25, 0.3) is 0 Å². The van der Waals surface area contributed by atoms with Crippen LogP contribution in [-0.2, 0) is 12.5 Å². The summed E-state index contributed by atoms with van der Waals surface area (Å²) in [4.78, 5) is 4.00. The molecular weight excluding hydrogens is 452 g/mol. The van der Waals surface area contributed by atoms with E-state index < -0.39 is 17.0 Å². The molecule has 0 bridgehead atoms. The van der Waals surface area contributed by atoms with Crippen molar-refractivity contribution in [2.24, 2.45) is 12.0 Å². The zero-order chi connectivity index (χ0) is 27.1. The van der Waals surface area contributed by atoms with E-state index in [0.717, 1.165) is 42.3 Å². The van der Waals surface area contributed by atoms with E-state index in [-0.39, 0.29) is 5.92 Å². The molecule has 3 aromatic rings. The van der Waals surface area contributed by atoms with E-state index >= 15 is 0 Å². The van der Waals surface area contributed by atoms with Crippen LogP contribution in [0.5, 0.6) is 0 Å². The minimum Gasteiger partial charge on any atom is -0.294 e. The molecule has 0 fully saturated rings. The third kappa shape index (κ3) is 8.25. The van der Waals surface area contributed by atoms with Crippen LogP contribution in [0.1, 0.15) is 78.4 Å². The summed E-state index contributed by atoms with van der Waals surface area (Å²) in [6, 6.07) is 14.2. The van der Waals surface area contributed by atoms with Crippen molar-refractivity contribution in [3.63, 3.8) is 0 Å². The van der Waals surface area contributed by atoms with Gasteiger partial charge in [0, 0.05) is 24.7 Å². The molecule has 0 saturated heterocycles. The Bertz CT molecular complexity index is 1080. The zero-order valence-corrected chi connectivity index (χ0v) is 23.2. The molecule has 0 amide bonds. The quantitative estimate of drug-likeness (QED) is 0.227. The topological polar surface area (TPSA) is 30.2 Å². The van der Waals surface area contributed by atoms with Crippen molar-refractivity contribution in [3.05, 3.63) is 89.6 Å². The van der Waals surface area contributed by atoms with Gasteiger partial charge in [-0.2, -0.15) is 5.10 Å². The van der Waals surface area contributed by atoms with E-state index in [1.54, 1.807) is 12.3 Å². The monoisotopic (exact) mass is 495 g/mol. The lowest BCUT2D eigenvalue weighted by Crippen LogP contribution is -2.29. The summed E-state index contributed by atoms with van der Waals surface area (Å²) >= 11 is 0. The molecule has 3 nitrogen and oxygen atoms in total. The number of benzene rings is 2. The van der Waals surface area contributed by atoms with Crippen molar-refractivity contribution >= 4 is 6.21 Å². The Morgan fingerprint density at radius 2 is 1.69 bits per heavy atom. The van der Waals surface area contributed by atoms with Crippen molar-refractivity contribution in [3.8, 4) is 11.3 Å². The molecule has 3 rings (SSSR count). The standard InChI is InChI=1S/C22H24F2N2.C7H13N.C2H6/c1-5-22(3,19-11-10-18(23)14-20(19)24)15(2)16-6-8-17(9-7-16)21-12-13-25-26(21)4;1-3-5-6-7-8-4-2;1-2/h6-15H,5H2,1-4H3;4-6H,3,7H2,1-2H3;1-2H3/t15-,22-;;/m0../s1. The van der Waals surface area contributed by atoms with Gasteiger partial charge in [-0.25, -0.2) is 8.78 Å². The number of halogens is 2. The fourth-order valence-electron chi connectivity index (χ4n) is 4.06. The molecule has 36 heavy (non-hydrogen) atoms. The van der Waals surface area contributed by atoms with Gasteiger partial charge in [0.2, 0.25) is 0 Å². The highest BCUT2D eigenvalue weighted by Gasteiger charge is 2.34. The molecule has 1 aromatic heterocycles. The number of hydrogen-bond donors (Lipinski definition) is 0. The van der Waals surface area contributed by atoms with Crippen molar-refractivity contribution in [1.82, 2.24) is 9.78 Å². The van der Waals surface area contributed by atoms with Crippen LogP contribution in [-0.4, -0.2) is 22.5 Å². The van der Waals surface area contributed by atoms with Gasteiger partial charge < -0.3 is 0 Å². The lowest BCUT2D eigenvalue weighted by molar-refractivity contribution is 0.364. The molecule has 2 atom stereocenters. The SMILES string of the molecule is CC.CC=NCC=CCC.CC[C@](C)(c1ccc(F)cc1F)[C@@H](C)c1ccc(-c2ccnn2C)cc1. The number of allylic oxidation sites excluding steroid dienone is 1. The lowest BCUT2D eigenvalue weighted by atomic mass is 9.68. The molecule has 2 aromatic carbocycles. The summed E-state index contributed by atoms with van der Waals surface area (Å²) in [6.07, 6.45) is 9.64. The largest absolute Gasteiger partial charge is 0.294 e. The normalized spacial score (nSPS) is 13.5. The lowest BCUT2D eigenvalue weighted by Gasteiger charge is -2.36. The summed E-state index contributed by atoms with van der Waals surface area (Å²) in [7, 11) is 1.91. The Balaban J connectivity index is 0.000000554. The van der Waals surface area contributed by atoms with Gasteiger partial charge in [-0.1, -0.05) is 84.0 Å². The highest BCUT2D eigenvalue weighted by molar-refractivity contribution is 5.59. The number of aromatic nitrogens is 2. The van der Waals surface area contributed by atoms with E-state index in [1.165, 1.54) is 6.07 Å². The van der Waals surface area contributed by atoms with Crippen molar-refractivity contribution < 1.29 is 8.78 Å². The molecule has 0 unspecified atom stereocenters. The van der Waals surface area contributed by atoms with Crippen LogP contribution in [0, 0.1) is 11.6 Å². The molecule has 0 aliphatic carbocycles. The average molecular weight is 496 g/mol. The molecular formula is C31H43F2N3. The second-order valence-electron chi connectivity index (χ2n) is 8.58. The molecule has 0 spiro atoms. The summed E-state index contributed by atoms with van der Waals surface area (Å²) < 4.78 is 29.6. The number of aryl methyl sites for hydroxylation is 1. The summed E-state index contributed by atoms with van der Waals surface area (Å²) in [6.45, 7) is 15.1. The maximum absolute atomic E-state index is 14.5. The maximum Gasteiger partial charge on any atom is 0.129 e. The first-order valence-corrected chi connectivity index (χ1v) is 12.9. The maximum atomic E-state index is 14.5. The van der Waals surface area contributed by atoms with Gasteiger partial charge in [0.05, 0.1) is 12.2 Å². The van der Waals surface area contributed by atoms with E-state index in [1.807, 2.05) is 58.6 Å². The second kappa shape index (κ2) is 15.8. The third-order valence-corrected chi connectivity index (χ3v) is 6.56. The van der Waals surface area contributed by atoms with Gasteiger partial charge in [-0.15, -0.1) is 0 Å². The van der Waals surface area contributed by atoms with E-state index in [2.05, 4.69) is 60.4 Å². The van der Waals surface area contributed by atoms with Crippen LogP contribution < -0.4 is 0 Å². The molecule has 0 aliphatic heterocycles. The van der Waals surface area contributed by atoms with Crippen LogP contribution in [0.4, 0.5) is 8.78 Å². The van der Waals surface area contributed by atoms with E-state index in [9.17, 15) is 8.78 Å². The fourth-order valence-corrected chi connectivity index (χ4v) is 4.06. The number of aliphatic imine (C=N–C) groups is 1. The molecule has 196 valence electrons. The summed E-state index contributed by atoms with van der Waals surface area (Å²) in [5.41, 5.74) is 3.40. The van der Waals surface area contributed by atoms with Crippen molar-refractivity contribution in [1.29, 1.82) is 0 Å². The smallest absolute Gasteiger partial charge is 0.129 e. The van der Waals surface area contributed by atoms with Crippen molar-refractivity contribution in [2.75, 3.05) is 6.54 Å². The van der Waals surface area contributed by atoms with Gasteiger partial charge in [-0.05, 0) is 60.7 Å². The van der Waals surface area contributed by atoms with Crippen LogP contribution in [0.3, 0.4) is 0 Å². The zero-order valence-electron chi connectivity index (χ0n) is 23.2. The van der Waals surface area contributed by atoms with E-state index in [0.29, 0.717) is 5.56 Å². The first kappa shape index (κ1) is 31.0. The number of rotatable bonds is 8. The van der Waals surface area contributed by atoms with Gasteiger partial charge in [0.1, 0.15) is 11.6 Å². The molecule has 0 N–H and O–H groups in total. The average Bonchev–Trinajstić information content (AvgIpc) is 3.33. The molecule has 0 aliphatic rings. The Kier molecular flexibility index (Phi) is 13.6. The van der Waals surface area contributed by atoms with Gasteiger partial charge in [-0.3, -0.25) is 9.67 Å². The summed E-state index contributed by atoms with van der Waals surface area (Å²) in [5.74, 6) is -0.946. The third-order valence-electron chi connectivity index (χ3n) is 6.56. The van der Waals surface area contributed by atoms with Gasteiger partial charge in [0.15, 0.2) is 0 Å². The Hall–Kier alpha value is -3.08. The fraction of sp³-hybridized carbons (Fsp3) is 0.419. The minimum absolute atomic E-state index is 0.0769. The van der Waals surface area contributed by atoms with Crippen molar-refractivity contribution in [2.45, 2.75) is 72.6 Å². The van der Waals surface area contributed by atoms with Crippen LogP contribution >= 0.6 is 0 Å².